The van der Waals surface area contributed by atoms with Crippen molar-refractivity contribution in [1.29, 1.82) is 0 Å². The minimum atomic E-state index is -4.73. The lowest BCUT2D eigenvalue weighted by Gasteiger charge is -2.07. The van der Waals surface area contributed by atoms with Crippen LogP contribution in [0.25, 0.3) is 0 Å². The summed E-state index contributed by atoms with van der Waals surface area (Å²) < 4.78 is 81.6. The zero-order valence-electron chi connectivity index (χ0n) is 16.4. The summed E-state index contributed by atoms with van der Waals surface area (Å²) in [5.41, 5.74) is -1.64. The van der Waals surface area contributed by atoms with Crippen molar-refractivity contribution < 1.29 is 41.0 Å². The second-order valence-corrected chi connectivity index (χ2v) is 6.85. The third kappa shape index (κ3) is 6.45. The van der Waals surface area contributed by atoms with Gasteiger partial charge in [0, 0.05) is 7.05 Å². The van der Waals surface area contributed by atoms with Crippen molar-refractivity contribution in [1.82, 2.24) is 14.8 Å². The van der Waals surface area contributed by atoms with Gasteiger partial charge in [0.25, 0.3) is 0 Å². The maximum Gasteiger partial charge on any atom is 0.451 e. The number of ether oxygens (including phenoxy) is 1. The molecule has 1 heterocycles. The summed E-state index contributed by atoms with van der Waals surface area (Å²) in [6.07, 6.45) is -9.28. The number of thioether (sulfide) groups is 1. The Morgan fingerprint density at radius 2 is 1.75 bits per heavy atom. The molecule has 1 aromatic carbocycles. The van der Waals surface area contributed by atoms with Gasteiger partial charge in [-0.3, -0.25) is 0 Å². The van der Waals surface area contributed by atoms with Gasteiger partial charge in [0.15, 0.2) is 5.16 Å². The van der Waals surface area contributed by atoms with Gasteiger partial charge in [-0.05, 0) is 31.2 Å². The second-order valence-electron chi connectivity index (χ2n) is 5.91. The van der Waals surface area contributed by atoms with Gasteiger partial charge in [-0.15, -0.1) is 15.3 Å². The van der Waals surface area contributed by atoms with Crippen LogP contribution >= 0.6 is 11.8 Å². The maximum absolute atomic E-state index is 12.8. The summed E-state index contributed by atoms with van der Waals surface area (Å²) >= 11 is 0.629. The number of alkyl halides is 6. The Hall–Kier alpha value is -3.10. The van der Waals surface area contributed by atoms with E-state index in [9.17, 15) is 36.2 Å². The van der Waals surface area contributed by atoms with Gasteiger partial charge in [-0.1, -0.05) is 11.8 Å². The van der Waals surface area contributed by atoms with Crippen LogP contribution in [0.5, 0.6) is 0 Å². The van der Waals surface area contributed by atoms with Crippen molar-refractivity contribution in [2.75, 3.05) is 12.4 Å². The average molecular weight is 483 g/mol. The normalized spacial score (nSPS) is 13.4. The van der Waals surface area contributed by atoms with Crippen LogP contribution in [0.2, 0.25) is 0 Å². The Bertz CT molecular complexity index is 1020. The van der Waals surface area contributed by atoms with E-state index in [2.05, 4.69) is 20.4 Å². The first-order chi connectivity index (χ1) is 14.8. The van der Waals surface area contributed by atoms with Crippen LogP contribution in [-0.4, -0.2) is 38.2 Å². The SMILES string of the molecule is CCOC(=O)C(N=Nc1ccc(C(F)(F)F)cc1)=C(O)CSc1nnc(C(F)(F)F)n1C. The van der Waals surface area contributed by atoms with Crippen molar-refractivity contribution >= 4 is 23.4 Å². The fourth-order valence-corrected chi connectivity index (χ4v) is 2.91. The number of aliphatic hydroxyl groups excluding tert-OH is 1. The van der Waals surface area contributed by atoms with Gasteiger partial charge in [0.1, 0.15) is 5.76 Å². The number of hydrogen-bond donors (Lipinski definition) is 1. The number of hydrogen-bond acceptors (Lipinski definition) is 8. The number of halogens is 6. The molecule has 2 rings (SSSR count). The molecule has 0 atom stereocenters. The highest BCUT2D eigenvalue weighted by molar-refractivity contribution is 7.99. The lowest BCUT2D eigenvalue weighted by atomic mass is 10.2. The van der Waals surface area contributed by atoms with Gasteiger partial charge in [0.05, 0.1) is 23.6 Å². The molecule has 0 aliphatic heterocycles. The number of benzene rings is 1. The van der Waals surface area contributed by atoms with Crippen molar-refractivity contribution in [3.05, 3.63) is 47.1 Å². The molecule has 0 aliphatic rings. The van der Waals surface area contributed by atoms with E-state index in [-0.39, 0.29) is 17.5 Å². The van der Waals surface area contributed by atoms with E-state index in [1.807, 2.05) is 0 Å². The first kappa shape index (κ1) is 25.2. The largest absolute Gasteiger partial charge is 0.509 e. The molecule has 8 nitrogen and oxygen atoms in total. The Labute approximate surface area is 181 Å². The lowest BCUT2D eigenvalue weighted by Crippen LogP contribution is -2.13. The van der Waals surface area contributed by atoms with E-state index in [0.29, 0.717) is 16.3 Å². The van der Waals surface area contributed by atoms with Crippen LogP contribution in [0.4, 0.5) is 32.0 Å². The Morgan fingerprint density at radius 3 is 2.25 bits per heavy atom. The Balaban J connectivity index is 2.24. The Morgan fingerprint density at radius 1 is 1.12 bits per heavy atom. The van der Waals surface area contributed by atoms with Gasteiger partial charge >= 0.3 is 18.3 Å². The molecule has 1 N–H and O–H groups in total. The number of rotatable bonds is 7. The zero-order chi connectivity index (χ0) is 24.1. The number of aromatic nitrogens is 3. The smallest absolute Gasteiger partial charge is 0.451 e. The number of esters is 1. The van der Waals surface area contributed by atoms with E-state index in [0.717, 1.165) is 31.3 Å². The fraction of sp³-hybridized carbons (Fsp3) is 0.353. The monoisotopic (exact) mass is 483 g/mol. The van der Waals surface area contributed by atoms with Crippen molar-refractivity contribution in [2.24, 2.45) is 17.3 Å². The topological polar surface area (TPSA) is 102 Å². The highest BCUT2D eigenvalue weighted by Gasteiger charge is 2.37. The summed E-state index contributed by atoms with van der Waals surface area (Å²) in [5.74, 6) is -3.48. The predicted molar refractivity (Wildman–Crippen MR) is 99.0 cm³/mol. The molecule has 0 fully saturated rings. The van der Waals surface area contributed by atoms with Crippen LogP contribution in [0.3, 0.4) is 0 Å². The van der Waals surface area contributed by atoms with Gasteiger partial charge in [0.2, 0.25) is 11.5 Å². The first-order valence-corrected chi connectivity index (χ1v) is 9.60. The molecule has 0 bridgehead atoms. The molecule has 15 heteroatoms. The number of nitrogens with zero attached hydrogens (tertiary/aromatic N) is 5. The van der Waals surface area contributed by atoms with Crippen molar-refractivity contribution in [2.45, 2.75) is 24.4 Å². The highest BCUT2D eigenvalue weighted by atomic mass is 32.2. The highest BCUT2D eigenvalue weighted by Crippen LogP contribution is 2.31. The van der Waals surface area contributed by atoms with Crippen LogP contribution in [-0.2, 0) is 28.9 Å². The molecule has 32 heavy (non-hydrogen) atoms. The molecule has 0 radical (unpaired) electrons. The summed E-state index contributed by atoms with van der Waals surface area (Å²) in [4.78, 5) is 12.1. The minimum Gasteiger partial charge on any atom is -0.509 e. The molecular formula is C17H15F6N5O3S. The second kappa shape index (κ2) is 10.0. The van der Waals surface area contributed by atoms with E-state index < -0.39 is 46.9 Å². The van der Waals surface area contributed by atoms with E-state index in [4.69, 9.17) is 4.74 Å². The molecule has 0 spiro atoms. The van der Waals surface area contributed by atoms with Gasteiger partial charge < -0.3 is 14.4 Å². The molecule has 0 saturated heterocycles. The number of carbonyl (C=O) groups excluding carboxylic acids is 1. The number of azo groups is 1. The quantitative estimate of drug-likeness (QED) is 0.148. The fourth-order valence-electron chi connectivity index (χ4n) is 2.13. The van der Waals surface area contributed by atoms with Crippen LogP contribution in [0, 0.1) is 0 Å². The zero-order valence-corrected chi connectivity index (χ0v) is 17.2. The van der Waals surface area contributed by atoms with Crippen molar-refractivity contribution in [3.63, 3.8) is 0 Å². The van der Waals surface area contributed by atoms with E-state index in [1.165, 1.54) is 6.92 Å². The number of carbonyl (C=O) groups is 1. The first-order valence-electron chi connectivity index (χ1n) is 8.62. The molecule has 0 unspecified atom stereocenters. The summed E-state index contributed by atoms with van der Waals surface area (Å²) in [5, 5.41) is 23.6. The molecule has 0 amide bonds. The maximum atomic E-state index is 12.8. The van der Waals surface area contributed by atoms with E-state index >= 15 is 0 Å². The van der Waals surface area contributed by atoms with E-state index in [1.54, 1.807) is 0 Å². The molecule has 0 aliphatic carbocycles. The van der Waals surface area contributed by atoms with Crippen LogP contribution < -0.4 is 0 Å². The third-order valence-corrected chi connectivity index (χ3v) is 4.66. The standard InChI is InChI=1S/C17H15F6N5O3S/c1-3-31-13(30)12(25-24-10-6-4-9(5-7-10)16(18,19)20)11(29)8-32-15-27-26-14(28(15)2)17(21,22)23/h4-7,29H,3,8H2,1-2H3. The lowest BCUT2D eigenvalue weighted by molar-refractivity contribution is -0.147. The molecule has 0 saturated carbocycles. The summed E-state index contributed by atoms with van der Waals surface area (Å²) in [7, 11) is 1.07. The molecule has 1 aromatic heterocycles. The average Bonchev–Trinajstić information content (AvgIpc) is 3.07. The summed E-state index contributed by atoms with van der Waals surface area (Å²) in [6, 6.07) is 3.51. The predicted octanol–water partition coefficient (Wildman–Crippen LogP) is 5.06. The molecular weight excluding hydrogens is 468 g/mol. The number of aliphatic hydroxyl groups is 1. The van der Waals surface area contributed by atoms with Crippen LogP contribution in [0.15, 0.2) is 51.1 Å². The van der Waals surface area contributed by atoms with Gasteiger partial charge in [-0.2, -0.15) is 31.5 Å². The third-order valence-electron chi connectivity index (χ3n) is 3.63. The van der Waals surface area contributed by atoms with Crippen molar-refractivity contribution in [3.8, 4) is 0 Å². The van der Waals surface area contributed by atoms with Gasteiger partial charge in [-0.25, -0.2) is 4.79 Å². The molecule has 2 aromatic rings. The Kier molecular flexibility index (Phi) is 7.87. The minimum absolute atomic E-state index is 0.0524. The van der Waals surface area contributed by atoms with Crippen LogP contribution in [0.1, 0.15) is 18.3 Å². The molecule has 174 valence electrons. The summed E-state index contributed by atoms with van der Waals surface area (Å²) in [6.45, 7) is 1.39.